The standard InChI is InChI=1S/C21H30N4OS/c1-17(11-12-18-8-5-4-6-9-18)24-21(23-16-20(26)25(2)3)22-14-13-19-10-7-15-27-19/h4-10,15,17H,11-14,16H2,1-3H3,(H2,22,23,24). The van der Waals surface area contributed by atoms with E-state index in [9.17, 15) is 4.79 Å². The van der Waals surface area contributed by atoms with Crippen LogP contribution in [-0.2, 0) is 17.6 Å². The summed E-state index contributed by atoms with van der Waals surface area (Å²) in [5, 5.41) is 8.88. The second kappa shape index (κ2) is 11.4. The van der Waals surface area contributed by atoms with Gasteiger partial charge in [0, 0.05) is 31.6 Å². The van der Waals surface area contributed by atoms with E-state index >= 15 is 0 Å². The van der Waals surface area contributed by atoms with Crippen LogP contribution >= 0.6 is 11.3 Å². The number of guanidine groups is 1. The summed E-state index contributed by atoms with van der Waals surface area (Å²) < 4.78 is 0. The molecule has 6 heteroatoms. The number of nitrogens with zero attached hydrogens (tertiary/aromatic N) is 2. The number of aryl methyl sites for hydroxylation is 1. The smallest absolute Gasteiger partial charge is 0.243 e. The van der Waals surface area contributed by atoms with Crippen molar-refractivity contribution in [3.05, 3.63) is 58.3 Å². The van der Waals surface area contributed by atoms with Crippen LogP contribution in [0.15, 0.2) is 52.8 Å². The molecule has 0 saturated carbocycles. The molecule has 1 heterocycles. The van der Waals surface area contributed by atoms with Gasteiger partial charge in [0.1, 0.15) is 6.54 Å². The highest BCUT2D eigenvalue weighted by atomic mass is 32.1. The summed E-state index contributed by atoms with van der Waals surface area (Å²) in [7, 11) is 3.50. The average molecular weight is 387 g/mol. The zero-order valence-corrected chi connectivity index (χ0v) is 17.3. The Morgan fingerprint density at radius 3 is 2.59 bits per heavy atom. The number of amides is 1. The van der Waals surface area contributed by atoms with Crippen LogP contribution in [-0.4, -0.2) is 50.0 Å². The Kier molecular flexibility index (Phi) is 8.84. The van der Waals surface area contributed by atoms with Crippen molar-refractivity contribution in [2.45, 2.75) is 32.2 Å². The summed E-state index contributed by atoms with van der Waals surface area (Å²) in [5.41, 5.74) is 1.33. The lowest BCUT2D eigenvalue weighted by atomic mass is 10.1. The summed E-state index contributed by atoms with van der Waals surface area (Å²) in [6, 6.07) is 14.9. The molecule has 27 heavy (non-hydrogen) atoms. The quantitative estimate of drug-likeness (QED) is 0.515. The SMILES string of the molecule is CC(CCc1ccccc1)NC(=NCC(=O)N(C)C)NCCc1cccs1. The highest BCUT2D eigenvalue weighted by molar-refractivity contribution is 7.09. The van der Waals surface area contributed by atoms with Gasteiger partial charge in [-0.3, -0.25) is 4.79 Å². The molecule has 0 bridgehead atoms. The predicted molar refractivity (Wildman–Crippen MR) is 114 cm³/mol. The van der Waals surface area contributed by atoms with Crippen LogP contribution in [0.2, 0.25) is 0 Å². The summed E-state index contributed by atoms with van der Waals surface area (Å²) in [5.74, 6) is 0.689. The zero-order chi connectivity index (χ0) is 19.5. The molecule has 0 aliphatic rings. The Balaban J connectivity index is 1.86. The molecule has 146 valence electrons. The van der Waals surface area contributed by atoms with E-state index in [1.807, 2.05) is 6.07 Å². The maximum atomic E-state index is 11.9. The molecule has 5 nitrogen and oxygen atoms in total. The summed E-state index contributed by atoms with van der Waals surface area (Å²) in [6.07, 6.45) is 2.95. The lowest BCUT2D eigenvalue weighted by Gasteiger charge is -2.19. The van der Waals surface area contributed by atoms with E-state index in [1.165, 1.54) is 10.4 Å². The van der Waals surface area contributed by atoms with Gasteiger partial charge in [0.25, 0.3) is 0 Å². The number of hydrogen-bond acceptors (Lipinski definition) is 3. The third-order valence-electron chi connectivity index (χ3n) is 4.21. The lowest BCUT2D eigenvalue weighted by Crippen LogP contribution is -2.43. The van der Waals surface area contributed by atoms with Gasteiger partial charge >= 0.3 is 0 Å². The van der Waals surface area contributed by atoms with E-state index in [4.69, 9.17) is 0 Å². The number of carbonyl (C=O) groups excluding carboxylic acids is 1. The van der Waals surface area contributed by atoms with Gasteiger partial charge in [-0.05, 0) is 43.2 Å². The topological polar surface area (TPSA) is 56.7 Å². The van der Waals surface area contributed by atoms with Crippen molar-refractivity contribution in [3.8, 4) is 0 Å². The van der Waals surface area contributed by atoms with Crippen LogP contribution in [0.1, 0.15) is 23.8 Å². The minimum atomic E-state index is -0.00806. The molecule has 0 aliphatic heterocycles. The molecular formula is C21H30N4OS. The molecule has 1 unspecified atom stereocenters. The Morgan fingerprint density at radius 2 is 1.93 bits per heavy atom. The highest BCUT2D eigenvalue weighted by Gasteiger charge is 2.08. The van der Waals surface area contributed by atoms with Crippen molar-refractivity contribution < 1.29 is 4.79 Å². The largest absolute Gasteiger partial charge is 0.356 e. The molecule has 1 aromatic heterocycles. The van der Waals surface area contributed by atoms with Crippen LogP contribution < -0.4 is 10.6 Å². The van der Waals surface area contributed by atoms with Crippen LogP contribution in [0.5, 0.6) is 0 Å². The van der Waals surface area contributed by atoms with Crippen LogP contribution in [0.25, 0.3) is 0 Å². The Bertz CT molecular complexity index is 698. The normalized spacial score (nSPS) is 12.5. The van der Waals surface area contributed by atoms with Crippen molar-refractivity contribution in [1.29, 1.82) is 0 Å². The Labute approximate surface area is 166 Å². The number of carbonyl (C=O) groups is 1. The van der Waals surface area contributed by atoms with Crippen LogP contribution in [0, 0.1) is 0 Å². The van der Waals surface area contributed by atoms with E-state index in [0.29, 0.717) is 5.96 Å². The Morgan fingerprint density at radius 1 is 1.15 bits per heavy atom. The first-order valence-corrected chi connectivity index (χ1v) is 10.2. The second-order valence-electron chi connectivity index (χ2n) is 6.78. The third-order valence-corrected chi connectivity index (χ3v) is 5.14. The Hall–Kier alpha value is -2.34. The molecule has 2 N–H and O–H groups in total. The molecule has 1 amide bonds. The van der Waals surface area contributed by atoms with Gasteiger partial charge in [-0.2, -0.15) is 0 Å². The molecule has 0 radical (unpaired) electrons. The molecule has 0 aliphatic carbocycles. The monoisotopic (exact) mass is 386 g/mol. The van der Waals surface area contributed by atoms with Crippen LogP contribution in [0.3, 0.4) is 0 Å². The molecule has 2 rings (SSSR count). The van der Waals surface area contributed by atoms with Gasteiger partial charge in [-0.15, -0.1) is 11.3 Å². The number of benzene rings is 1. The van der Waals surface area contributed by atoms with Crippen molar-refractivity contribution >= 4 is 23.2 Å². The van der Waals surface area contributed by atoms with Gasteiger partial charge in [0.05, 0.1) is 0 Å². The first-order valence-electron chi connectivity index (χ1n) is 9.36. The highest BCUT2D eigenvalue weighted by Crippen LogP contribution is 2.08. The van der Waals surface area contributed by atoms with Crippen molar-refractivity contribution in [2.75, 3.05) is 27.2 Å². The number of nitrogens with one attached hydrogen (secondary N) is 2. The number of likely N-dealkylation sites (N-methyl/N-ethyl adjacent to an activating group) is 1. The molecular weight excluding hydrogens is 356 g/mol. The van der Waals surface area contributed by atoms with Gasteiger partial charge in [-0.1, -0.05) is 36.4 Å². The number of aliphatic imine (C=N–C) groups is 1. The first-order chi connectivity index (χ1) is 13.0. The minimum absolute atomic E-state index is 0.00806. The van der Waals surface area contributed by atoms with Gasteiger partial charge in [0.2, 0.25) is 5.91 Å². The van der Waals surface area contributed by atoms with Gasteiger partial charge in [-0.25, -0.2) is 4.99 Å². The average Bonchev–Trinajstić information content (AvgIpc) is 3.18. The molecule has 0 fully saturated rings. The van der Waals surface area contributed by atoms with Crippen molar-refractivity contribution in [3.63, 3.8) is 0 Å². The second-order valence-corrected chi connectivity index (χ2v) is 7.81. The van der Waals surface area contributed by atoms with Gasteiger partial charge < -0.3 is 15.5 Å². The summed E-state index contributed by atoms with van der Waals surface area (Å²) in [6.45, 7) is 3.08. The molecule has 0 saturated heterocycles. The fourth-order valence-electron chi connectivity index (χ4n) is 2.53. The van der Waals surface area contributed by atoms with E-state index in [1.54, 1.807) is 30.3 Å². The number of thiophene rings is 1. The predicted octanol–water partition coefficient (Wildman–Crippen LogP) is 2.94. The first kappa shape index (κ1) is 21.0. The van der Waals surface area contributed by atoms with Crippen LogP contribution in [0.4, 0.5) is 0 Å². The molecule has 1 aromatic carbocycles. The summed E-state index contributed by atoms with van der Waals surface area (Å²) in [4.78, 5) is 19.2. The van der Waals surface area contributed by atoms with E-state index in [-0.39, 0.29) is 18.5 Å². The van der Waals surface area contributed by atoms with E-state index in [0.717, 1.165) is 25.8 Å². The van der Waals surface area contributed by atoms with E-state index in [2.05, 4.69) is 64.3 Å². The van der Waals surface area contributed by atoms with Gasteiger partial charge in [0.15, 0.2) is 5.96 Å². The number of hydrogen-bond donors (Lipinski definition) is 2. The maximum Gasteiger partial charge on any atom is 0.243 e. The van der Waals surface area contributed by atoms with E-state index < -0.39 is 0 Å². The lowest BCUT2D eigenvalue weighted by molar-refractivity contribution is -0.127. The number of rotatable bonds is 9. The zero-order valence-electron chi connectivity index (χ0n) is 16.4. The maximum absolute atomic E-state index is 11.9. The molecule has 2 aromatic rings. The molecule has 0 spiro atoms. The molecule has 1 atom stereocenters. The fraction of sp³-hybridized carbons (Fsp3) is 0.429. The third kappa shape index (κ3) is 8.26. The van der Waals surface area contributed by atoms with Crippen molar-refractivity contribution in [1.82, 2.24) is 15.5 Å². The van der Waals surface area contributed by atoms with Crippen molar-refractivity contribution in [2.24, 2.45) is 4.99 Å². The minimum Gasteiger partial charge on any atom is -0.356 e. The summed E-state index contributed by atoms with van der Waals surface area (Å²) >= 11 is 1.76. The fourth-order valence-corrected chi connectivity index (χ4v) is 3.24.